The van der Waals surface area contributed by atoms with Crippen molar-refractivity contribution in [2.45, 2.75) is 0 Å². The summed E-state index contributed by atoms with van der Waals surface area (Å²) in [4.78, 5) is 20.1. The van der Waals surface area contributed by atoms with Gasteiger partial charge in [0.15, 0.2) is 0 Å². The topological polar surface area (TPSA) is 46.2 Å². The van der Waals surface area contributed by atoms with Crippen molar-refractivity contribution in [3.8, 4) is 0 Å². The first-order valence-electron chi connectivity index (χ1n) is 1.64. The quantitative estimate of drug-likeness (QED) is 0.342. The molecule has 3 nitrogen and oxygen atoms in total. The molecule has 37 valence electrons. The predicted octanol–water partition coefficient (Wildman–Crippen LogP) is -0.505. The average molecular weight is 116 g/mol. The van der Waals surface area contributed by atoms with Crippen molar-refractivity contribution in [2.75, 3.05) is 0 Å². The number of amides is 1. The molecule has 0 unspecified atom stereocenters. The van der Waals surface area contributed by atoms with E-state index in [0.29, 0.717) is 0 Å². The third-order valence-electron chi connectivity index (χ3n) is 0.541. The van der Waals surface area contributed by atoms with E-state index in [1.165, 1.54) is 5.75 Å². The summed E-state index contributed by atoms with van der Waals surface area (Å²) in [5, 5.41) is 0. The third kappa shape index (κ3) is 0.742. The molecule has 0 aromatic rings. The number of nitrogens with one attached hydrogen (secondary N) is 1. The summed E-state index contributed by atoms with van der Waals surface area (Å²) < 4.78 is 2.24. The summed E-state index contributed by atoms with van der Waals surface area (Å²) in [6.07, 6.45) is 0. The Bertz CT molecular complexity index is 108. The van der Waals surface area contributed by atoms with Gasteiger partial charge in [-0.15, -0.1) is 0 Å². The monoisotopic (exact) mass is 116 g/mol. The second-order valence-corrected chi connectivity index (χ2v) is 1.71. The number of Topliss-reactive ketones (excluding diaryl/α,β-unsaturated/α-hetero) is 1. The standard InChI is InChI=1S/C3H2NO2S/c5-2-1-7-4-3(2)6/h1H,(H,4,6). The second kappa shape index (κ2) is 1.54. The van der Waals surface area contributed by atoms with Crippen molar-refractivity contribution in [3.05, 3.63) is 5.75 Å². The fraction of sp³-hybridized carbons (Fsp3) is 0. The highest BCUT2D eigenvalue weighted by Gasteiger charge is 2.20. The van der Waals surface area contributed by atoms with Crippen molar-refractivity contribution in [3.63, 3.8) is 0 Å². The maximum Gasteiger partial charge on any atom is 0.298 e. The molecule has 1 rings (SSSR count). The van der Waals surface area contributed by atoms with Crippen molar-refractivity contribution >= 4 is 23.6 Å². The van der Waals surface area contributed by atoms with E-state index >= 15 is 0 Å². The van der Waals surface area contributed by atoms with Crippen LogP contribution in [0.3, 0.4) is 0 Å². The van der Waals surface area contributed by atoms with Crippen molar-refractivity contribution < 1.29 is 9.59 Å². The lowest BCUT2D eigenvalue weighted by Crippen LogP contribution is -2.15. The van der Waals surface area contributed by atoms with Crippen LogP contribution < -0.4 is 4.72 Å². The third-order valence-corrected chi connectivity index (χ3v) is 1.18. The summed E-state index contributed by atoms with van der Waals surface area (Å²) in [6, 6.07) is 0. The van der Waals surface area contributed by atoms with Crippen LogP contribution in [0.25, 0.3) is 0 Å². The lowest BCUT2D eigenvalue weighted by Gasteiger charge is -1.76. The van der Waals surface area contributed by atoms with Gasteiger partial charge in [0.1, 0.15) is 5.75 Å². The molecule has 4 heteroatoms. The van der Waals surface area contributed by atoms with Gasteiger partial charge in [0.25, 0.3) is 5.91 Å². The molecule has 1 heterocycles. The Morgan fingerprint density at radius 2 is 2.29 bits per heavy atom. The number of ketones is 1. The zero-order valence-electron chi connectivity index (χ0n) is 3.30. The molecule has 0 aliphatic carbocycles. The van der Waals surface area contributed by atoms with Crippen molar-refractivity contribution in [2.24, 2.45) is 0 Å². The van der Waals surface area contributed by atoms with Gasteiger partial charge in [0.2, 0.25) is 5.78 Å². The van der Waals surface area contributed by atoms with E-state index in [0.717, 1.165) is 11.9 Å². The summed E-state index contributed by atoms with van der Waals surface area (Å²) in [5.74, 6) is 0.262. The van der Waals surface area contributed by atoms with E-state index in [1.807, 2.05) is 0 Å². The lowest BCUT2D eigenvalue weighted by molar-refractivity contribution is -0.133. The van der Waals surface area contributed by atoms with Crippen LogP contribution in [-0.2, 0) is 9.59 Å². The Kier molecular flexibility index (Phi) is 1.02. The number of hydrogen-bond acceptors (Lipinski definition) is 3. The average Bonchev–Trinajstić information content (AvgIpc) is 1.91. The highest BCUT2D eigenvalue weighted by molar-refractivity contribution is 8.01. The predicted molar refractivity (Wildman–Crippen MR) is 25.0 cm³/mol. The smallest absolute Gasteiger partial charge is 0.293 e. The van der Waals surface area contributed by atoms with Gasteiger partial charge in [0.05, 0.1) is 0 Å². The zero-order chi connectivity index (χ0) is 5.28. The van der Waals surface area contributed by atoms with Crippen LogP contribution in [0.5, 0.6) is 0 Å². The summed E-state index contributed by atoms with van der Waals surface area (Å²) in [5.41, 5.74) is 0. The number of hydrogen-bond donors (Lipinski definition) is 1. The maximum absolute atomic E-state index is 10.1. The maximum atomic E-state index is 10.1. The number of carbonyl (C=O) groups is 2. The van der Waals surface area contributed by atoms with E-state index in [2.05, 4.69) is 4.72 Å². The molecule has 0 atom stereocenters. The zero-order valence-corrected chi connectivity index (χ0v) is 4.12. The molecule has 1 fully saturated rings. The molecule has 1 N–H and O–H groups in total. The molecule has 1 aliphatic heterocycles. The SMILES string of the molecule is O=C1[CH]SNC1=O. The molecule has 0 bridgehead atoms. The molecule has 0 spiro atoms. The fourth-order valence-corrected chi connectivity index (χ4v) is 0.721. The van der Waals surface area contributed by atoms with Gasteiger partial charge in [-0.05, 0) is 11.9 Å². The first-order valence-corrected chi connectivity index (χ1v) is 2.52. The molecule has 1 radical (unpaired) electrons. The highest BCUT2D eigenvalue weighted by Crippen LogP contribution is 2.07. The Morgan fingerprint density at radius 1 is 1.57 bits per heavy atom. The van der Waals surface area contributed by atoms with Crippen LogP contribution in [0.2, 0.25) is 0 Å². The van der Waals surface area contributed by atoms with Gasteiger partial charge < -0.3 is 0 Å². The van der Waals surface area contributed by atoms with Gasteiger partial charge in [-0.1, -0.05) is 0 Å². The Balaban J connectivity index is 2.65. The summed E-state index contributed by atoms with van der Waals surface area (Å²) in [7, 11) is 0. The van der Waals surface area contributed by atoms with E-state index in [-0.39, 0.29) is 0 Å². The molecular weight excluding hydrogens is 114 g/mol. The van der Waals surface area contributed by atoms with Crippen LogP contribution in [0.4, 0.5) is 0 Å². The molecule has 0 aromatic carbocycles. The van der Waals surface area contributed by atoms with Crippen molar-refractivity contribution in [1.29, 1.82) is 0 Å². The van der Waals surface area contributed by atoms with Gasteiger partial charge in [-0.25, -0.2) is 0 Å². The molecule has 1 amide bonds. The Hall–Kier alpha value is -0.510. The first-order chi connectivity index (χ1) is 3.30. The highest BCUT2D eigenvalue weighted by atomic mass is 32.2. The lowest BCUT2D eigenvalue weighted by atomic mass is 10.4. The molecule has 1 saturated heterocycles. The first kappa shape index (κ1) is 4.64. The van der Waals surface area contributed by atoms with E-state index in [1.54, 1.807) is 0 Å². The van der Waals surface area contributed by atoms with Crippen LogP contribution in [0.15, 0.2) is 0 Å². The molecule has 0 aromatic heterocycles. The largest absolute Gasteiger partial charge is 0.298 e. The number of carbonyl (C=O) groups excluding carboxylic acids is 2. The van der Waals surface area contributed by atoms with E-state index < -0.39 is 11.7 Å². The molecular formula is C3H2NO2S. The van der Waals surface area contributed by atoms with Gasteiger partial charge >= 0.3 is 0 Å². The molecule has 1 aliphatic rings. The van der Waals surface area contributed by atoms with E-state index in [9.17, 15) is 9.59 Å². The van der Waals surface area contributed by atoms with Gasteiger partial charge in [0, 0.05) is 0 Å². The van der Waals surface area contributed by atoms with Crippen LogP contribution in [-0.4, -0.2) is 11.7 Å². The second-order valence-electron chi connectivity index (χ2n) is 1.03. The molecule has 7 heavy (non-hydrogen) atoms. The van der Waals surface area contributed by atoms with Gasteiger partial charge in [-0.2, -0.15) is 0 Å². The Morgan fingerprint density at radius 3 is 2.43 bits per heavy atom. The fourth-order valence-electron chi connectivity index (χ4n) is 0.240. The normalized spacial score (nSPS) is 20.0. The van der Waals surface area contributed by atoms with Crippen LogP contribution in [0, 0.1) is 5.75 Å². The summed E-state index contributed by atoms with van der Waals surface area (Å²) in [6.45, 7) is 0. The number of rotatable bonds is 0. The minimum Gasteiger partial charge on any atom is -0.293 e. The minimum atomic E-state index is -0.523. The van der Waals surface area contributed by atoms with Gasteiger partial charge in [-0.3, -0.25) is 14.3 Å². The minimum absolute atomic E-state index is 0.454. The van der Waals surface area contributed by atoms with Crippen LogP contribution >= 0.6 is 11.9 Å². The van der Waals surface area contributed by atoms with E-state index in [4.69, 9.17) is 0 Å². The Labute approximate surface area is 44.6 Å². The molecule has 0 saturated carbocycles. The van der Waals surface area contributed by atoms with Crippen LogP contribution in [0.1, 0.15) is 0 Å². The summed E-state index contributed by atoms with van der Waals surface area (Å²) >= 11 is 1.02. The van der Waals surface area contributed by atoms with Crippen molar-refractivity contribution in [1.82, 2.24) is 4.72 Å².